The van der Waals surface area contributed by atoms with Crippen LogP contribution in [-0.2, 0) is 0 Å². The number of hydrogen-bond acceptors (Lipinski definition) is 2. The van der Waals surface area contributed by atoms with Crippen molar-refractivity contribution in [1.82, 2.24) is 5.32 Å². The Morgan fingerprint density at radius 2 is 2.00 bits per heavy atom. The first-order valence-corrected chi connectivity index (χ1v) is 8.48. The molecule has 98 valence electrons. The van der Waals surface area contributed by atoms with Gasteiger partial charge < -0.3 is 5.32 Å². The lowest BCUT2D eigenvalue weighted by Crippen LogP contribution is -2.22. The predicted octanol–water partition coefficient (Wildman–Crippen LogP) is 5.52. The average molecular weight is 318 g/mol. The molecule has 1 rings (SSSR count). The maximum atomic E-state index is 3.67. The van der Waals surface area contributed by atoms with Gasteiger partial charge in [-0.3, -0.25) is 0 Å². The van der Waals surface area contributed by atoms with Crippen molar-refractivity contribution < 1.29 is 0 Å². The minimum absolute atomic E-state index is 0.535. The van der Waals surface area contributed by atoms with E-state index in [-0.39, 0.29) is 0 Å². The fraction of sp³-hybridized carbons (Fsp3) is 0.714. The molecule has 0 bridgehead atoms. The second-order valence-electron chi connectivity index (χ2n) is 4.53. The molecule has 0 saturated heterocycles. The maximum Gasteiger partial charge on any atom is 0.0339 e. The van der Waals surface area contributed by atoms with Gasteiger partial charge in [-0.1, -0.05) is 39.5 Å². The zero-order chi connectivity index (χ0) is 12.5. The molecule has 0 spiro atoms. The van der Waals surface area contributed by atoms with Gasteiger partial charge in [-0.25, -0.2) is 0 Å². The van der Waals surface area contributed by atoms with Gasteiger partial charge in [0.05, 0.1) is 0 Å². The summed E-state index contributed by atoms with van der Waals surface area (Å²) in [5.41, 5.74) is 1.44. The van der Waals surface area contributed by atoms with Crippen LogP contribution in [0.15, 0.2) is 15.2 Å². The summed E-state index contributed by atoms with van der Waals surface area (Å²) in [6.45, 7) is 5.60. The Labute approximate surface area is 118 Å². The maximum absolute atomic E-state index is 3.67. The summed E-state index contributed by atoms with van der Waals surface area (Å²) in [7, 11) is 0. The highest BCUT2D eigenvalue weighted by molar-refractivity contribution is 9.10. The number of unbranched alkanes of at least 4 members (excludes halogenated alkanes) is 3. The van der Waals surface area contributed by atoms with Gasteiger partial charge in [0, 0.05) is 15.9 Å². The van der Waals surface area contributed by atoms with E-state index in [9.17, 15) is 0 Å². The fourth-order valence-electron chi connectivity index (χ4n) is 2.00. The zero-order valence-corrected chi connectivity index (χ0v) is 13.4. The van der Waals surface area contributed by atoms with Gasteiger partial charge in [0.15, 0.2) is 0 Å². The van der Waals surface area contributed by atoms with E-state index < -0.39 is 0 Å². The molecule has 17 heavy (non-hydrogen) atoms. The van der Waals surface area contributed by atoms with Gasteiger partial charge in [-0.05, 0) is 46.3 Å². The molecule has 0 amide bonds. The normalized spacial score (nSPS) is 12.9. The van der Waals surface area contributed by atoms with E-state index in [1.807, 2.05) is 0 Å². The van der Waals surface area contributed by atoms with E-state index in [0.29, 0.717) is 6.04 Å². The molecule has 1 heterocycles. The van der Waals surface area contributed by atoms with Gasteiger partial charge in [0.25, 0.3) is 0 Å². The molecule has 1 nitrogen and oxygen atoms in total. The molecule has 1 atom stereocenters. The first-order valence-electron chi connectivity index (χ1n) is 6.74. The van der Waals surface area contributed by atoms with Gasteiger partial charge in [-0.2, -0.15) is 11.3 Å². The van der Waals surface area contributed by atoms with Gasteiger partial charge in [-0.15, -0.1) is 0 Å². The highest BCUT2D eigenvalue weighted by Crippen LogP contribution is 2.30. The standard InChI is InChI=1S/C14H24BrNS/c1-3-5-6-7-8-14(16-9-4-2)12-10-17-11-13(12)15/h10-11,14,16H,3-9H2,1-2H3. The lowest BCUT2D eigenvalue weighted by molar-refractivity contribution is 0.470. The number of rotatable bonds is 9. The minimum atomic E-state index is 0.535. The topological polar surface area (TPSA) is 12.0 Å². The SMILES string of the molecule is CCCCCCC(NCCC)c1cscc1Br. The van der Waals surface area contributed by atoms with Crippen LogP contribution in [0.2, 0.25) is 0 Å². The summed E-state index contributed by atoms with van der Waals surface area (Å²) in [5.74, 6) is 0. The monoisotopic (exact) mass is 317 g/mol. The highest BCUT2D eigenvalue weighted by Gasteiger charge is 2.13. The molecule has 3 heteroatoms. The molecule has 1 unspecified atom stereocenters. The molecule has 0 aliphatic rings. The van der Waals surface area contributed by atoms with Gasteiger partial charge in [0.2, 0.25) is 0 Å². The molecule has 0 radical (unpaired) electrons. The Balaban J connectivity index is 2.46. The highest BCUT2D eigenvalue weighted by atomic mass is 79.9. The van der Waals surface area contributed by atoms with Crippen molar-refractivity contribution in [3.8, 4) is 0 Å². The van der Waals surface area contributed by atoms with E-state index in [1.54, 1.807) is 11.3 Å². The van der Waals surface area contributed by atoms with E-state index >= 15 is 0 Å². The Morgan fingerprint density at radius 3 is 2.59 bits per heavy atom. The van der Waals surface area contributed by atoms with Crippen molar-refractivity contribution in [1.29, 1.82) is 0 Å². The number of thiophene rings is 1. The second-order valence-corrected chi connectivity index (χ2v) is 6.13. The van der Waals surface area contributed by atoms with Crippen molar-refractivity contribution in [2.45, 2.75) is 58.4 Å². The van der Waals surface area contributed by atoms with Crippen molar-refractivity contribution in [3.05, 3.63) is 20.8 Å². The number of hydrogen-bond donors (Lipinski definition) is 1. The van der Waals surface area contributed by atoms with Crippen molar-refractivity contribution in [3.63, 3.8) is 0 Å². The molecule has 0 saturated carbocycles. The first-order chi connectivity index (χ1) is 8.29. The Kier molecular flexibility index (Phi) is 8.15. The van der Waals surface area contributed by atoms with Crippen LogP contribution < -0.4 is 5.32 Å². The van der Waals surface area contributed by atoms with Crippen LogP contribution in [-0.4, -0.2) is 6.54 Å². The fourth-order valence-corrected chi connectivity index (χ4v) is 3.63. The molecule has 1 N–H and O–H groups in total. The summed E-state index contributed by atoms with van der Waals surface area (Å²) in [6, 6.07) is 0.535. The Bertz CT molecular complexity index is 298. The third-order valence-corrected chi connectivity index (χ3v) is 4.76. The molecular weight excluding hydrogens is 294 g/mol. The third kappa shape index (κ3) is 5.54. The molecule has 1 aromatic heterocycles. The summed E-state index contributed by atoms with van der Waals surface area (Å²) in [4.78, 5) is 0. The van der Waals surface area contributed by atoms with Crippen LogP contribution in [0.1, 0.15) is 64.0 Å². The molecular formula is C14H24BrNS. The minimum Gasteiger partial charge on any atom is -0.310 e. The largest absolute Gasteiger partial charge is 0.310 e. The predicted molar refractivity (Wildman–Crippen MR) is 81.8 cm³/mol. The lowest BCUT2D eigenvalue weighted by atomic mass is 10.0. The molecule has 0 aliphatic heterocycles. The van der Waals surface area contributed by atoms with Crippen molar-refractivity contribution in [2.24, 2.45) is 0 Å². The van der Waals surface area contributed by atoms with E-state index in [2.05, 4.69) is 45.9 Å². The molecule has 0 aliphatic carbocycles. The molecule has 1 aromatic rings. The lowest BCUT2D eigenvalue weighted by Gasteiger charge is -2.18. The second kappa shape index (κ2) is 9.12. The van der Waals surface area contributed by atoms with Crippen LogP contribution in [0.5, 0.6) is 0 Å². The van der Waals surface area contributed by atoms with E-state index in [1.165, 1.54) is 48.6 Å². The van der Waals surface area contributed by atoms with Crippen LogP contribution >= 0.6 is 27.3 Å². The van der Waals surface area contributed by atoms with Crippen molar-refractivity contribution in [2.75, 3.05) is 6.54 Å². The molecule has 0 aromatic carbocycles. The van der Waals surface area contributed by atoms with Crippen LogP contribution in [0.4, 0.5) is 0 Å². The smallest absolute Gasteiger partial charge is 0.0339 e. The van der Waals surface area contributed by atoms with Gasteiger partial charge >= 0.3 is 0 Å². The van der Waals surface area contributed by atoms with E-state index in [0.717, 1.165) is 6.54 Å². The summed E-state index contributed by atoms with van der Waals surface area (Å²) < 4.78 is 1.27. The van der Waals surface area contributed by atoms with Crippen molar-refractivity contribution >= 4 is 27.3 Å². The quantitative estimate of drug-likeness (QED) is 0.591. The van der Waals surface area contributed by atoms with Crippen LogP contribution in [0.3, 0.4) is 0 Å². The summed E-state index contributed by atoms with van der Waals surface area (Å²) >= 11 is 5.44. The Hall–Kier alpha value is 0.140. The number of nitrogens with one attached hydrogen (secondary N) is 1. The molecule has 0 fully saturated rings. The van der Waals surface area contributed by atoms with Crippen LogP contribution in [0, 0.1) is 0 Å². The van der Waals surface area contributed by atoms with Gasteiger partial charge in [0.1, 0.15) is 0 Å². The first kappa shape index (κ1) is 15.2. The Morgan fingerprint density at radius 1 is 1.18 bits per heavy atom. The van der Waals surface area contributed by atoms with Crippen LogP contribution in [0.25, 0.3) is 0 Å². The summed E-state index contributed by atoms with van der Waals surface area (Å²) in [6.07, 6.45) is 7.84. The summed E-state index contributed by atoms with van der Waals surface area (Å²) in [5, 5.41) is 8.12. The third-order valence-electron chi connectivity index (χ3n) is 3.00. The average Bonchev–Trinajstić information content (AvgIpc) is 2.75. The number of halogens is 1. The zero-order valence-electron chi connectivity index (χ0n) is 11.0. The van der Waals surface area contributed by atoms with E-state index in [4.69, 9.17) is 0 Å².